The second-order valence-corrected chi connectivity index (χ2v) is 6.66. The number of thioether (sulfide) groups is 1. The Bertz CT molecular complexity index is 712. The minimum Gasteiger partial charge on any atom is -0.323 e. The Balaban J connectivity index is 2.11. The molecule has 0 saturated heterocycles. The Morgan fingerprint density at radius 1 is 1.36 bits per heavy atom. The Labute approximate surface area is 134 Å². The van der Waals surface area contributed by atoms with E-state index in [4.69, 9.17) is 10.7 Å². The van der Waals surface area contributed by atoms with Gasteiger partial charge in [0.1, 0.15) is 0 Å². The monoisotopic (exact) mass is 315 g/mol. The maximum absolute atomic E-state index is 12.9. The molecule has 1 unspecified atom stereocenters. The summed E-state index contributed by atoms with van der Waals surface area (Å²) in [5, 5.41) is 0.826. The molecule has 0 aliphatic carbocycles. The van der Waals surface area contributed by atoms with Crippen LogP contribution in [0.25, 0.3) is 0 Å². The fourth-order valence-electron chi connectivity index (χ4n) is 2.75. The fourth-order valence-corrected chi connectivity index (χ4v) is 3.70. The van der Waals surface area contributed by atoms with Crippen molar-refractivity contribution in [1.82, 2.24) is 9.55 Å². The van der Waals surface area contributed by atoms with E-state index in [9.17, 15) is 4.79 Å². The van der Waals surface area contributed by atoms with Crippen LogP contribution in [0.5, 0.6) is 0 Å². The van der Waals surface area contributed by atoms with Gasteiger partial charge in [-0.2, -0.15) is 0 Å². The molecule has 5 heteroatoms. The summed E-state index contributed by atoms with van der Waals surface area (Å²) in [6.07, 6.45) is 2.40. The minimum atomic E-state index is -0.181. The van der Waals surface area contributed by atoms with Crippen LogP contribution in [-0.4, -0.2) is 15.3 Å². The van der Waals surface area contributed by atoms with Gasteiger partial charge in [0.15, 0.2) is 5.16 Å². The van der Waals surface area contributed by atoms with Crippen molar-refractivity contribution in [2.45, 2.75) is 43.9 Å². The lowest BCUT2D eigenvalue weighted by Gasteiger charge is -2.22. The van der Waals surface area contributed by atoms with Crippen molar-refractivity contribution in [2.24, 2.45) is 5.73 Å². The molecule has 3 rings (SSSR count). The van der Waals surface area contributed by atoms with Crippen LogP contribution in [0.4, 0.5) is 0 Å². The van der Waals surface area contributed by atoms with Crippen LogP contribution < -0.4 is 11.3 Å². The van der Waals surface area contributed by atoms with E-state index in [0.29, 0.717) is 6.42 Å². The Morgan fingerprint density at radius 3 is 2.86 bits per heavy atom. The third-order valence-corrected chi connectivity index (χ3v) is 5.09. The van der Waals surface area contributed by atoms with Gasteiger partial charge >= 0.3 is 0 Å². The molecule has 0 bridgehead atoms. The lowest BCUT2D eigenvalue weighted by molar-refractivity contribution is 0.534. The molecular weight excluding hydrogens is 294 g/mol. The smallest absolute Gasteiger partial charge is 0.258 e. The molecule has 1 atom stereocenters. The van der Waals surface area contributed by atoms with Gasteiger partial charge in [-0.05, 0) is 18.4 Å². The predicted molar refractivity (Wildman–Crippen MR) is 90.3 cm³/mol. The number of fused-ring (bicyclic) bond motifs is 1. The van der Waals surface area contributed by atoms with Crippen molar-refractivity contribution < 1.29 is 0 Å². The largest absolute Gasteiger partial charge is 0.323 e. The summed E-state index contributed by atoms with van der Waals surface area (Å²) >= 11 is 1.66. The van der Waals surface area contributed by atoms with Gasteiger partial charge in [0.2, 0.25) is 0 Å². The lowest BCUT2D eigenvalue weighted by atomic mass is 10.00. The summed E-state index contributed by atoms with van der Waals surface area (Å²) < 4.78 is 1.82. The number of rotatable bonds is 4. The maximum Gasteiger partial charge on any atom is 0.258 e. The molecule has 2 aromatic rings. The highest BCUT2D eigenvalue weighted by atomic mass is 32.2. The quantitative estimate of drug-likeness (QED) is 0.881. The molecular formula is C17H21N3OS. The fraction of sp³-hybridized carbons (Fsp3) is 0.412. The minimum absolute atomic E-state index is 0.0833. The molecule has 2 N–H and O–H groups in total. The first kappa shape index (κ1) is 15.3. The zero-order valence-electron chi connectivity index (χ0n) is 12.8. The lowest BCUT2D eigenvalue weighted by Crippen LogP contribution is -2.32. The van der Waals surface area contributed by atoms with Gasteiger partial charge in [0, 0.05) is 30.3 Å². The average Bonchev–Trinajstić information content (AvgIpc) is 2.57. The van der Waals surface area contributed by atoms with Crippen LogP contribution in [-0.2, 0) is 13.0 Å². The van der Waals surface area contributed by atoms with Crippen molar-refractivity contribution in [3.63, 3.8) is 0 Å². The molecule has 2 heterocycles. The first-order chi connectivity index (χ1) is 10.7. The van der Waals surface area contributed by atoms with Gasteiger partial charge in [-0.25, -0.2) is 4.98 Å². The van der Waals surface area contributed by atoms with E-state index in [2.05, 4.69) is 0 Å². The number of nitrogens with zero attached hydrogens (tertiary/aromatic N) is 2. The Kier molecular flexibility index (Phi) is 4.64. The van der Waals surface area contributed by atoms with Crippen molar-refractivity contribution in [1.29, 1.82) is 0 Å². The molecule has 0 radical (unpaired) electrons. The van der Waals surface area contributed by atoms with Gasteiger partial charge in [-0.1, -0.05) is 49.0 Å². The Morgan fingerprint density at radius 2 is 2.14 bits per heavy atom. The van der Waals surface area contributed by atoms with Crippen LogP contribution in [0.2, 0.25) is 0 Å². The zero-order chi connectivity index (χ0) is 15.5. The highest BCUT2D eigenvalue weighted by Gasteiger charge is 2.22. The molecule has 0 spiro atoms. The molecule has 1 aromatic heterocycles. The zero-order valence-corrected chi connectivity index (χ0v) is 13.6. The molecule has 4 nitrogen and oxygen atoms in total. The van der Waals surface area contributed by atoms with Crippen molar-refractivity contribution in [2.75, 3.05) is 5.75 Å². The first-order valence-corrected chi connectivity index (χ1v) is 8.75. The van der Waals surface area contributed by atoms with Gasteiger partial charge in [0.05, 0.1) is 5.69 Å². The topological polar surface area (TPSA) is 60.9 Å². The van der Waals surface area contributed by atoms with Crippen LogP contribution >= 0.6 is 11.8 Å². The number of aromatic nitrogens is 2. The Hall–Kier alpha value is -1.59. The van der Waals surface area contributed by atoms with E-state index >= 15 is 0 Å². The highest BCUT2D eigenvalue weighted by Crippen LogP contribution is 2.25. The second-order valence-electron chi connectivity index (χ2n) is 5.59. The molecule has 1 aliphatic rings. The molecule has 0 amide bonds. The number of benzene rings is 1. The molecule has 0 fully saturated rings. The van der Waals surface area contributed by atoms with Crippen molar-refractivity contribution in [3.8, 4) is 0 Å². The summed E-state index contributed by atoms with van der Waals surface area (Å²) in [5.74, 6) is 1.02. The van der Waals surface area contributed by atoms with Crippen LogP contribution in [0.15, 0.2) is 40.3 Å². The molecule has 0 saturated carbocycles. The summed E-state index contributed by atoms with van der Waals surface area (Å²) in [4.78, 5) is 17.7. The van der Waals surface area contributed by atoms with E-state index in [0.717, 1.165) is 47.1 Å². The second kappa shape index (κ2) is 6.67. The van der Waals surface area contributed by atoms with Crippen LogP contribution in [0, 0.1) is 0 Å². The molecule has 1 aliphatic heterocycles. The van der Waals surface area contributed by atoms with Gasteiger partial charge in [0.25, 0.3) is 5.56 Å². The van der Waals surface area contributed by atoms with E-state index in [1.807, 2.05) is 41.8 Å². The van der Waals surface area contributed by atoms with Crippen LogP contribution in [0.1, 0.15) is 42.6 Å². The summed E-state index contributed by atoms with van der Waals surface area (Å²) in [6.45, 7) is 2.79. The van der Waals surface area contributed by atoms with E-state index in [1.165, 1.54) is 0 Å². The summed E-state index contributed by atoms with van der Waals surface area (Å²) in [5.41, 5.74) is 8.97. The number of hydrogen-bond acceptors (Lipinski definition) is 4. The third kappa shape index (κ3) is 2.96. The molecule has 116 valence electrons. The molecule has 1 aromatic carbocycles. The van der Waals surface area contributed by atoms with Gasteiger partial charge in [-0.15, -0.1) is 0 Å². The van der Waals surface area contributed by atoms with Crippen molar-refractivity contribution >= 4 is 11.8 Å². The van der Waals surface area contributed by atoms with Crippen molar-refractivity contribution in [3.05, 3.63) is 57.5 Å². The SMILES string of the molecule is CCC(N)c1nc2n(c(=O)c1Cc1ccccc1)CCCS2. The van der Waals surface area contributed by atoms with Gasteiger partial charge in [-0.3, -0.25) is 9.36 Å². The van der Waals surface area contributed by atoms with E-state index in [-0.39, 0.29) is 11.6 Å². The normalized spacial score (nSPS) is 15.4. The average molecular weight is 315 g/mol. The standard InChI is InChI=1S/C17H21N3OS/c1-2-14(18)15-13(11-12-7-4-3-5-8-12)16(21)20-9-6-10-22-17(20)19-15/h3-5,7-8,14H,2,6,9-11,18H2,1H3. The summed E-state index contributed by atoms with van der Waals surface area (Å²) in [7, 11) is 0. The number of hydrogen-bond donors (Lipinski definition) is 1. The third-order valence-electron chi connectivity index (χ3n) is 4.03. The van der Waals surface area contributed by atoms with E-state index < -0.39 is 0 Å². The maximum atomic E-state index is 12.9. The van der Waals surface area contributed by atoms with E-state index in [1.54, 1.807) is 11.8 Å². The predicted octanol–water partition coefficient (Wildman–Crippen LogP) is 2.74. The summed E-state index contributed by atoms with van der Waals surface area (Å²) in [6, 6.07) is 9.87. The van der Waals surface area contributed by atoms with Gasteiger partial charge < -0.3 is 5.73 Å². The van der Waals surface area contributed by atoms with Crippen LogP contribution in [0.3, 0.4) is 0 Å². The first-order valence-electron chi connectivity index (χ1n) is 7.76. The number of nitrogens with two attached hydrogens (primary N) is 1. The highest BCUT2D eigenvalue weighted by molar-refractivity contribution is 7.99. The molecule has 22 heavy (non-hydrogen) atoms.